The van der Waals surface area contributed by atoms with Crippen LogP contribution in [0.4, 0.5) is 0 Å². The van der Waals surface area contributed by atoms with Gasteiger partial charge >= 0.3 is 0 Å². The van der Waals surface area contributed by atoms with E-state index in [0.29, 0.717) is 11.5 Å². The molecule has 0 radical (unpaired) electrons. The van der Waals surface area contributed by atoms with Gasteiger partial charge in [0.05, 0.1) is 0 Å². The van der Waals surface area contributed by atoms with Gasteiger partial charge in [-0.2, -0.15) is 0 Å². The van der Waals surface area contributed by atoms with Gasteiger partial charge in [0.2, 0.25) is 0 Å². The lowest BCUT2D eigenvalue weighted by Crippen LogP contribution is -2.56. The summed E-state index contributed by atoms with van der Waals surface area (Å²) < 4.78 is 0. The van der Waals surface area contributed by atoms with Crippen molar-refractivity contribution in [1.82, 2.24) is 10.6 Å². The Morgan fingerprint density at radius 1 is 1.31 bits per heavy atom. The monoisotopic (exact) mass is 236 g/mol. The molecular formula is C13H17ClN2. The fourth-order valence-corrected chi connectivity index (χ4v) is 2.69. The van der Waals surface area contributed by atoms with Crippen LogP contribution in [0, 0.1) is 0 Å². The predicted octanol–water partition coefficient (Wildman–Crippen LogP) is 1.93. The number of halogens is 1. The highest BCUT2D eigenvalue weighted by atomic mass is 35.5. The van der Waals surface area contributed by atoms with Crippen LogP contribution in [0.2, 0.25) is 5.02 Å². The first kappa shape index (κ1) is 10.6. The van der Waals surface area contributed by atoms with Crippen LogP contribution in [0.25, 0.3) is 0 Å². The minimum Gasteiger partial charge on any atom is -0.314 e. The average Bonchev–Trinajstić information content (AvgIpc) is 2.97. The van der Waals surface area contributed by atoms with E-state index in [-0.39, 0.29) is 0 Å². The molecule has 3 rings (SSSR count). The molecule has 2 N–H and O–H groups in total. The summed E-state index contributed by atoms with van der Waals surface area (Å²) in [6, 6.07) is 8.94. The second-order valence-corrected chi connectivity index (χ2v) is 5.40. The maximum atomic E-state index is 6.27. The topological polar surface area (TPSA) is 24.1 Å². The van der Waals surface area contributed by atoms with E-state index < -0.39 is 0 Å². The highest BCUT2D eigenvalue weighted by Crippen LogP contribution is 2.49. The number of benzene rings is 1. The average molecular weight is 237 g/mol. The van der Waals surface area contributed by atoms with Crippen LogP contribution >= 0.6 is 11.6 Å². The molecule has 0 aromatic heterocycles. The summed E-state index contributed by atoms with van der Waals surface area (Å²) >= 11 is 6.27. The summed E-state index contributed by atoms with van der Waals surface area (Å²) in [6.07, 6.45) is 2.54. The number of rotatable bonds is 4. The Labute approximate surface area is 101 Å². The second-order valence-electron chi connectivity index (χ2n) is 5.00. The summed E-state index contributed by atoms with van der Waals surface area (Å²) in [6.45, 7) is 3.29. The molecule has 2 fully saturated rings. The van der Waals surface area contributed by atoms with Gasteiger partial charge in [-0.3, -0.25) is 0 Å². The van der Waals surface area contributed by atoms with E-state index in [2.05, 4.69) is 22.8 Å². The summed E-state index contributed by atoms with van der Waals surface area (Å²) in [5.41, 5.74) is 1.66. The molecule has 3 heteroatoms. The molecular weight excluding hydrogens is 220 g/mol. The van der Waals surface area contributed by atoms with Crippen LogP contribution in [-0.2, 0) is 5.41 Å². The highest BCUT2D eigenvalue weighted by molar-refractivity contribution is 6.31. The van der Waals surface area contributed by atoms with Crippen molar-refractivity contribution in [2.24, 2.45) is 0 Å². The third-order valence-corrected chi connectivity index (χ3v) is 4.14. The molecule has 86 valence electrons. The lowest BCUT2D eigenvalue weighted by Gasteiger charge is -2.30. The minimum absolute atomic E-state index is 0.327. The molecule has 16 heavy (non-hydrogen) atoms. The lowest BCUT2D eigenvalue weighted by atomic mass is 9.95. The Morgan fingerprint density at radius 2 is 2.06 bits per heavy atom. The van der Waals surface area contributed by atoms with Crippen LogP contribution in [0.15, 0.2) is 24.3 Å². The van der Waals surface area contributed by atoms with Gasteiger partial charge in [0.25, 0.3) is 0 Å². The first-order chi connectivity index (χ1) is 7.80. The predicted molar refractivity (Wildman–Crippen MR) is 67.0 cm³/mol. The van der Waals surface area contributed by atoms with Crippen LogP contribution in [0.3, 0.4) is 0 Å². The molecule has 2 aliphatic rings. The second kappa shape index (κ2) is 4.02. The SMILES string of the molecule is Clc1ccccc1C1(CNC2CNC2)CC1. The summed E-state index contributed by atoms with van der Waals surface area (Å²) in [5, 5.41) is 7.83. The van der Waals surface area contributed by atoms with Crippen molar-refractivity contribution in [2.45, 2.75) is 24.3 Å². The van der Waals surface area contributed by atoms with Gasteiger partial charge in [-0.25, -0.2) is 0 Å². The summed E-state index contributed by atoms with van der Waals surface area (Å²) in [7, 11) is 0. The Kier molecular flexibility index (Phi) is 2.66. The van der Waals surface area contributed by atoms with Crippen LogP contribution < -0.4 is 10.6 Å². The van der Waals surface area contributed by atoms with Gasteiger partial charge in [0.15, 0.2) is 0 Å². The van der Waals surface area contributed by atoms with E-state index >= 15 is 0 Å². The first-order valence-electron chi connectivity index (χ1n) is 5.99. The minimum atomic E-state index is 0.327. The largest absolute Gasteiger partial charge is 0.314 e. The van der Waals surface area contributed by atoms with E-state index in [4.69, 9.17) is 11.6 Å². The van der Waals surface area contributed by atoms with Gasteiger partial charge in [0.1, 0.15) is 0 Å². The van der Waals surface area contributed by atoms with E-state index in [1.165, 1.54) is 18.4 Å². The molecule has 1 aromatic rings. The molecule has 2 nitrogen and oxygen atoms in total. The molecule has 1 heterocycles. The maximum Gasteiger partial charge on any atom is 0.0444 e. The molecule has 1 aliphatic carbocycles. The molecule has 1 aliphatic heterocycles. The lowest BCUT2D eigenvalue weighted by molar-refractivity contribution is 0.354. The number of nitrogens with one attached hydrogen (secondary N) is 2. The fourth-order valence-electron chi connectivity index (χ4n) is 2.36. The smallest absolute Gasteiger partial charge is 0.0444 e. The third kappa shape index (κ3) is 1.86. The Balaban J connectivity index is 1.70. The van der Waals surface area contributed by atoms with Crippen molar-refractivity contribution in [3.05, 3.63) is 34.9 Å². The Hall–Kier alpha value is -0.570. The first-order valence-corrected chi connectivity index (χ1v) is 6.37. The summed E-state index contributed by atoms with van der Waals surface area (Å²) in [4.78, 5) is 0. The van der Waals surface area contributed by atoms with E-state index in [1.807, 2.05) is 12.1 Å². The molecule has 0 amide bonds. The molecule has 0 atom stereocenters. The van der Waals surface area contributed by atoms with Crippen molar-refractivity contribution < 1.29 is 0 Å². The van der Waals surface area contributed by atoms with Crippen molar-refractivity contribution in [2.75, 3.05) is 19.6 Å². The van der Waals surface area contributed by atoms with E-state index in [1.54, 1.807) is 0 Å². The van der Waals surface area contributed by atoms with Crippen LogP contribution in [-0.4, -0.2) is 25.7 Å². The van der Waals surface area contributed by atoms with Gasteiger partial charge in [-0.15, -0.1) is 0 Å². The van der Waals surface area contributed by atoms with Gasteiger partial charge < -0.3 is 10.6 Å². The molecule has 0 unspecified atom stereocenters. The zero-order valence-electron chi connectivity index (χ0n) is 9.30. The molecule has 0 spiro atoms. The van der Waals surface area contributed by atoms with E-state index in [0.717, 1.165) is 24.7 Å². The summed E-state index contributed by atoms with van der Waals surface area (Å²) in [5.74, 6) is 0. The van der Waals surface area contributed by atoms with Crippen LogP contribution in [0.1, 0.15) is 18.4 Å². The number of hydrogen-bond donors (Lipinski definition) is 2. The molecule has 0 bridgehead atoms. The highest BCUT2D eigenvalue weighted by Gasteiger charge is 2.45. The fraction of sp³-hybridized carbons (Fsp3) is 0.538. The quantitative estimate of drug-likeness (QED) is 0.835. The van der Waals surface area contributed by atoms with Crippen molar-refractivity contribution in [1.29, 1.82) is 0 Å². The van der Waals surface area contributed by atoms with Crippen molar-refractivity contribution >= 4 is 11.6 Å². The van der Waals surface area contributed by atoms with Crippen molar-refractivity contribution in [3.8, 4) is 0 Å². The number of hydrogen-bond acceptors (Lipinski definition) is 2. The van der Waals surface area contributed by atoms with Gasteiger partial charge in [-0.1, -0.05) is 29.8 Å². The zero-order chi connectivity index (χ0) is 11.0. The molecule has 1 saturated carbocycles. The maximum absolute atomic E-state index is 6.27. The van der Waals surface area contributed by atoms with Crippen molar-refractivity contribution in [3.63, 3.8) is 0 Å². The van der Waals surface area contributed by atoms with Crippen LogP contribution in [0.5, 0.6) is 0 Å². The Bertz CT molecular complexity index is 383. The Morgan fingerprint density at radius 3 is 2.62 bits per heavy atom. The third-order valence-electron chi connectivity index (χ3n) is 3.81. The molecule has 1 saturated heterocycles. The zero-order valence-corrected chi connectivity index (χ0v) is 10.1. The standard InChI is InChI=1S/C13H17ClN2/c14-12-4-2-1-3-11(12)13(5-6-13)9-16-10-7-15-8-10/h1-4,10,15-16H,5-9H2. The van der Waals surface area contributed by atoms with Gasteiger partial charge in [0, 0.05) is 36.1 Å². The van der Waals surface area contributed by atoms with Gasteiger partial charge in [-0.05, 0) is 24.5 Å². The molecule has 1 aromatic carbocycles. The van der Waals surface area contributed by atoms with E-state index in [9.17, 15) is 0 Å². The normalized spacial score (nSPS) is 22.8.